The second kappa shape index (κ2) is 7.72. The predicted molar refractivity (Wildman–Crippen MR) is 82.3 cm³/mol. The summed E-state index contributed by atoms with van der Waals surface area (Å²) < 4.78 is 5.21. The molecule has 1 rings (SSSR count). The molecule has 5 heteroatoms. The zero-order chi connectivity index (χ0) is 12.3. The molecule has 0 aliphatic carbocycles. The topological polar surface area (TPSA) is 32.8 Å². The molecule has 1 heterocycles. The van der Waals surface area contributed by atoms with Gasteiger partial charge in [-0.3, -0.25) is 0 Å². The lowest BCUT2D eigenvalue weighted by Crippen LogP contribution is -2.32. The average Bonchev–Trinajstić information content (AvgIpc) is 2.72. The molecular formula is C11H23Br3O2. The molecule has 0 aromatic rings. The zero-order valence-corrected chi connectivity index (χ0v) is 14.3. The minimum Gasteiger partial charge on any atom is -0.389 e. The number of hydrogen-bond donors (Lipinski definition) is 1. The van der Waals surface area contributed by atoms with Gasteiger partial charge in [0.25, 0.3) is 0 Å². The highest BCUT2D eigenvalue weighted by Crippen LogP contribution is 2.35. The molecule has 2 atom stereocenters. The highest BCUT2D eigenvalue weighted by molar-refractivity contribution is 9.12. The fourth-order valence-corrected chi connectivity index (χ4v) is 2.44. The molecule has 0 radical (unpaired) electrons. The van der Waals surface area contributed by atoms with Crippen molar-refractivity contribution < 1.29 is 9.84 Å². The average molecular weight is 427 g/mol. The van der Waals surface area contributed by atoms with Gasteiger partial charge in [0, 0.05) is 10.7 Å². The molecular weight excluding hydrogens is 404 g/mol. The van der Waals surface area contributed by atoms with Crippen LogP contribution in [0.1, 0.15) is 35.1 Å². The second-order valence-corrected chi connectivity index (χ2v) is 7.04. The molecule has 1 aliphatic heterocycles. The van der Waals surface area contributed by atoms with Crippen LogP contribution in [0.4, 0.5) is 0 Å². The molecule has 2 unspecified atom stereocenters. The van der Waals surface area contributed by atoms with E-state index in [1.54, 1.807) is 13.8 Å². The Morgan fingerprint density at radius 3 is 1.75 bits per heavy atom. The smallest absolute Gasteiger partial charge is 0.0964 e. The molecule has 0 aromatic carbocycles. The first-order valence-corrected chi connectivity index (χ1v) is 7.97. The van der Waals surface area contributed by atoms with Gasteiger partial charge in [0.05, 0.1) is 22.1 Å². The Labute approximate surface area is 125 Å². The SMILES string of the molecule is C.CC(C)(O)C(Br)CBr.CC1(C)OC1CBr. The number of aliphatic hydroxyl groups is 1. The van der Waals surface area contributed by atoms with Gasteiger partial charge in [0.2, 0.25) is 0 Å². The number of ether oxygens (including phenoxy) is 1. The van der Waals surface area contributed by atoms with Crippen LogP contribution in [0.15, 0.2) is 0 Å². The third kappa shape index (κ3) is 7.64. The van der Waals surface area contributed by atoms with E-state index in [9.17, 15) is 5.11 Å². The fraction of sp³-hybridized carbons (Fsp3) is 1.00. The monoisotopic (exact) mass is 424 g/mol. The molecule has 0 bridgehead atoms. The Kier molecular flexibility index (Phi) is 9.50. The van der Waals surface area contributed by atoms with Crippen LogP contribution in [-0.2, 0) is 4.74 Å². The van der Waals surface area contributed by atoms with E-state index in [0.717, 1.165) is 10.7 Å². The quantitative estimate of drug-likeness (QED) is 0.544. The minimum atomic E-state index is -0.622. The van der Waals surface area contributed by atoms with Crippen LogP contribution in [0.5, 0.6) is 0 Å². The largest absolute Gasteiger partial charge is 0.389 e. The molecule has 0 spiro atoms. The van der Waals surface area contributed by atoms with Gasteiger partial charge in [0.15, 0.2) is 0 Å². The van der Waals surface area contributed by atoms with Crippen molar-refractivity contribution in [1.82, 2.24) is 0 Å². The zero-order valence-electron chi connectivity index (χ0n) is 9.56. The Morgan fingerprint density at radius 2 is 1.75 bits per heavy atom. The van der Waals surface area contributed by atoms with E-state index >= 15 is 0 Å². The van der Waals surface area contributed by atoms with E-state index in [4.69, 9.17) is 4.74 Å². The maximum absolute atomic E-state index is 9.21. The Balaban J connectivity index is 0. The van der Waals surface area contributed by atoms with E-state index < -0.39 is 5.60 Å². The lowest BCUT2D eigenvalue weighted by atomic mass is 10.1. The molecule has 0 aromatic heterocycles. The minimum absolute atomic E-state index is 0. The van der Waals surface area contributed by atoms with Crippen molar-refractivity contribution in [3.63, 3.8) is 0 Å². The Hall–Kier alpha value is 1.36. The van der Waals surface area contributed by atoms with E-state index in [2.05, 4.69) is 61.6 Å². The number of rotatable bonds is 3. The summed E-state index contributed by atoms with van der Waals surface area (Å²) in [4.78, 5) is 0.134. The number of halogens is 3. The van der Waals surface area contributed by atoms with Crippen LogP contribution in [0, 0.1) is 0 Å². The van der Waals surface area contributed by atoms with Gasteiger partial charge < -0.3 is 9.84 Å². The third-order valence-electron chi connectivity index (χ3n) is 2.21. The second-order valence-electron chi connectivity index (χ2n) is 4.64. The summed E-state index contributed by atoms with van der Waals surface area (Å²) >= 11 is 9.87. The van der Waals surface area contributed by atoms with Crippen molar-refractivity contribution in [1.29, 1.82) is 0 Å². The molecule has 100 valence electrons. The molecule has 1 fully saturated rings. The van der Waals surface area contributed by atoms with Crippen LogP contribution in [-0.4, -0.2) is 37.9 Å². The summed E-state index contributed by atoms with van der Waals surface area (Å²) in [6, 6.07) is 0. The number of alkyl halides is 3. The summed E-state index contributed by atoms with van der Waals surface area (Å²) in [6.07, 6.45) is 0.465. The standard InChI is InChI=1S/C5H10Br2O.C5H9BrO.CH4/c1-5(2,8)4(7)3-6;1-5(2)4(3-6)7-5;/h4,8H,3H2,1-2H3;4H,3H2,1-2H3;1H4. The molecule has 0 saturated carbocycles. The van der Waals surface area contributed by atoms with Crippen LogP contribution in [0.2, 0.25) is 0 Å². The number of hydrogen-bond acceptors (Lipinski definition) is 2. The summed E-state index contributed by atoms with van der Waals surface area (Å²) in [6.45, 7) is 7.74. The van der Waals surface area contributed by atoms with Crippen molar-refractivity contribution in [2.24, 2.45) is 0 Å². The van der Waals surface area contributed by atoms with Crippen molar-refractivity contribution in [3.05, 3.63) is 0 Å². The summed E-state index contributed by atoms with van der Waals surface area (Å²) in [5.74, 6) is 0. The normalized spacial score (nSPS) is 23.6. The summed E-state index contributed by atoms with van der Waals surface area (Å²) in [5, 5.41) is 11.0. The molecule has 1 aliphatic rings. The maximum Gasteiger partial charge on any atom is 0.0964 e. The molecule has 2 nitrogen and oxygen atoms in total. The van der Waals surface area contributed by atoms with E-state index in [0.29, 0.717) is 6.10 Å². The van der Waals surface area contributed by atoms with Crippen LogP contribution < -0.4 is 0 Å². The molecule has 1 N–H and O–H groups in total. The predicted octanol–water partition coefficient (Wildman–Crippen LogP) is 4.11. The van der Waals surface area contributed by atoms with Gasteiger partial charge in [-0.15, -0.1) is 0 Å². The van der Waals surface area contributed by atoms with Crippen molar-refractivity contribution in [2.75, 3.05) is 10.7 Å². The third-order valence-corrected chi connectivity index (χ3v) is 5.75. The highest BCUT2D eigenvalue weighted by atomic mass is 79.9. The first-order chi connectivity index (χ1) is 6.65. The lowest BCUT2D eigenvalue weighted by Gasteiger charge is -2.21. The van der Waals surface area contributed by atoms with Gasteiger partial charge in [-0.1, -0.05) is 55.2 Å². The van der Waals surface area contributed by atoms with Crippen molar-refractivity contribution in [3.8, 4) is 0 Å². The first kappa shape index (κ1) is 19.7. The van der Waals surface area contributed by atoms with Gasteiger partial charge in [-0.2, -0.15) is 0 Å². The van der Waals surface area contributed by atoms with Gasteiger partial charge in [-0.05, 0) is 27.7 Å². The fourth-order valence-electron chi connectivity index (χ4n) is 0.739. The highest BCUT2D eigenvalue weighted by Gasteiger charge is 2.46. The van der Waals surface area contributed by atoms with Gasteiger partial charge >= 0.3 is 0 Å². The lowest BCUT2D eigenvalue weighted by molar-refractivity contribution is 0.0857. The van der Waals surface area contributed by atoms with E-state index in [-0.39, 0.29) is 17.9 Å². The van der Waals surface area contributed by atoms with Crippen molar-refractivity contribution >= 4 is 47.8 Å². The van der Waals surface area contributed by atoms with Crippen LogP contribution in [0.25, 0.3) is 0 Å². The summed E-state index contributed by atoms with van der Waals surface area (Å²) in [5.41, 5.74) is -0.451. The first-order valence-electron chi connectivity index (χ1n) is 4.81. The molecule has 16 heavy (non-hydrogen) atoms. The molecule has 1 saturated heterocycles. The van der Waals surface area contributed by atoms with Crippen molar-refractivity contribution in [2.45, 2.75) is 57.3 Å². The van der Waals surface area contributed by atoms with Crippen LogP contribution in [0.3, 0.4) is 0 Å². The Morgan fingerprint density at radius 1 is 1.38 bits per heavy atom. The van der Waals surface area contributed by atoms with E-state index in [1.807, 2.05) is 0 Å². The maximum atomic E-state index is 9.21. The summed E-state index contributed by atoms with van der Waals surface area (Å²) in [7, 11) is 0. The van der Waals surface area contributed by atoms with Gasteiger partial charge in [-0.25, -0.2) is 0 Å². The van der Waals surface area contributed by atoms with Gasteiger partial charge in [0.1, 0.15) is 0 Å². The van der Waals surface area contributed by atoms with E-state index in [1.165, 1.54) is 0 Å². The van der Waals surface area contributed by atoms with Crippen LogP contribution >= 0.6 is 47.8 Å². The Bertz CT molecular complexity index is 190. The number of epoxide rings is 1. The molecule has 0 amide bonds.